The number of likely N-dealkylation sites (N-methyl/N-ethyl adjacent to an activating group) is 1. The third-order valence-electron chi connectivity index (χ3n) is 7.69. The average molecular weight is 695 g/mol. The number of carbonyl (C=O) groups is 1. The average Bonchev–Trinajstić information content (AvgIpc) is 3.02. The lowest BCUT2D eigenvalue weighted by atomic mass is 10.1. The molecule has 0 saturated heterocycles. The molecular weight excluding hydrogens is 623 g/mol. The minimum absolute atomic E-state index is 0.0207. The summed E-state index contributed by atoms with van der Waals surface area (Å²) in [7, 11) is 1.19. The maximum Gasteiger partial charge on any atom is 0.268 e. The summed E-state index contributed by atoms with van der Waals surface area (Å²) in [6, 6.07) is -0.938. The Morgan fingerprint density at radius 1 is 0.729 bits per heavy atom. The van der Waals surface area contributed by atoms with Crippen LogP contribution < -0.4 is 10.2 Å². The standard InChI is InChI=1S/C39H71N2O6P/c1-6-8-10-12-14-16-18-20-22-24-26-28-30-32-38(42)37(36-47-48(44,45)46-35-34-41(3,4)5)40-39(43)33-31-29-27-25-23-21-19-17-15-13-11-9-7-2/h14,16,21-24,27,29-30,32,37-38,42H,6-13,15,17-20,25-26,28,31,33-36H2,1-5H3,(H-,40,43,44,45)/b16-14+,23-21-,24-22+,29-27-,32-30+. The van der Waals surface area contributed by atoms with E-state index in [-0.39, 0.29) is 18.9 Å². The van der Waals surface area contributed by atoms with Gasteiger partial charge in [-0.3, -0.25) is 9.36 Å². The largest absolute Gasteiger partial charge is 0.756 e. The molecule has 8 nitrogen and oxygen atoms in total. The molecule has 3 atom stereocenters. The second kappa shape index (κ2) is 31.2. The lowest BCUT2D eigenvalue weighted by Gasteiger charge is -2.29. The van der Waals surface area contributed by atoms with Crippen molar-refractivity contribution in [1.82, 2.24) is 5.32 Å². The summed E-state index contributed by atoms with van der Waals surface area (Å²) >= 11 is 0. The van der Waals surface area contributed by atoms with Crippen molar-refractivity contribution in [2.45, 2.75) is 142 Å². The van der Waals surface area contributed by atoms with Gasteiger partial charge in [-0.1, -0.05) is 120 Å². The number of nitrogens with one attached hydrogen (secondary N) is 1. The SMILES string of the molecule is CCCCC/C=C/CC/C=C/CC/C=C/C(O)C(COP(=O)([O-])OCC[N+](C)(C)C)NC(=O)CC/C=C\C/C=C\CCCCCCCC. The molecule has 48 heavy (non-hydrogen) atoms. The molecule has 0 radical (unpaired) electrons. The molecular formula is C39H71N2O6P. The number of phosphoric ester groups is 1. The highest BCUT2D eigenvalue weighted by atomic mass is 31.2. The van der Waals surface area contributed by atoms with Crippen molar-refractivity contribution in [2.75, 3.05) is 40.9 Å². The fraction of sp³-hybridized carbons (Fsp3) is 0.718. The normalized spacial score (nSPS) is 15.4. The number of hydrogen-bond acceptors (Lipinski definition) is 6. The summed E-state index contributed by atoms with van der Waals surface area (Å²) in [4.78, 5) is 25.1. The number of hydrogen-bond donors (Lipinski definition) is 2. The van der Waals surface area contributed by atoms with Crippen LogP contribution >= 0.6 is 7.82 Å². The Balaban J connectivity index is 4.75. The van der Waals surface area contributed by atoms with E-state index < -0.39 is 26.6 Å². The highest BCUT2D eigenvalue weighted by Gasteiger charge is 2.23. The van der Waals surface area contributed by atoms with E-state index >= 15 is 0 Å². The lowest BCUT2D eigenvalue weighted by molar-refractivity contribution is -0.870. The highest BCUT2D eigenvalue weighted by molar-refractivity contribution is 7.45. The molecule has 0 saturated carbocycles. The number of amides is 1. The van der Waals surface area contributed by atoms with Crippen LogP contribution in [0.1, 0.15) is 129 Å². The molecule has 278 valence electrons. The van der Waals surface area contributed by atoms with Crippen LogP contribution in [0.5, 0.6) is 0 Å². The van der Waals surface area contributed by atoms with Gasteiger partial charge in [-0.2, -0.15) is 0 Å². The zero-order valence-electron chi connectivity index (χ0n) is 31.2. The number of carbonyl (C=O) groups excluding carboxylic acids is 1. The number of rotatable bonds is 32. The van der Waals surface area contributed by atoms with E-state index in [1.165, 1.54) is 57.8 Å². The second-order valence-electron chi connectivity index (χ2n) is 13.5. The zero-order chi connectivity index (χ0) is 35.8. The molecule has 2 N–H and O–H groups in total. The topological polar surface area (TPSA) is 108 Å². The third kappa shape index (κ3) is 32.7. The van der Waals surface area contributed by atoms with Crippen LogP contribution in [0.15, 0.2) is 60.8 Å². The van der Waals surface area contributed by atoms with E-state index in [0.29, 0.717) is 23.9 Å². The van der Waals surface area contributed by atoms with E-state index in [1.54, 1.807) is 6.08 Å². The molecule has 9 heteroatoms. The lowest BCUT2D eigenvalue weighted by Crippen LogP contribution is -2.45. The fourth-order valence-electron chi connectivity index (χ4n) is 4.64. The predicted molar refractivity (Wildman–Crippen MR) is 201 cm³/mol. The van der Waals surface area contributed by atoms with Gasteiger partial charge in [0.2, 0.25) is 5.91 Å². The zero-order valence-corrected chi connectivity index (χ0v) is 32.1. The summed E-state index contributed by atoms with van der Waals surface area (Å²) < 4.78 is 23.0. The number of allylic oxidation sites excluding steroid dienone is 9. The van der Waals surface area contributed by atoms with Crippen LogP contribution in [0, 0.1) is 0 Å². The first-order valence-electron chi connectivity index (χ1n) is 18.7. The second-order valence-corrected chi connectivity index (χ2v) is 15.0. The first-order valence-corrected chi connectivity index (χ1v) is 20.1. The van der Waals surface area contributed by atoms with E-state index in [2.05, 4.69) is 55.6 Å². The summed E-state index contributed by atoms with van der Waals surface area (Å²) in [5, 5.41) is 13.6. The molecule has 0 aromatic rings. The molecule has 0 aliphatic rings. The van der Waals surface area contributed by atoms with E-state index in [4.69, 9.17) is 9.05 Å². The van der Waals surface area contributed by atoms with Gasteiger partial charge in [0, 0.05) is 6.42 Å². The Hall–Kier alpha value is -1.80. The number of quaternary nitrogens is 1. The summed E-state index contributed by atoms with van der Waals surface area (Å²) in [6.07, 6.45) is 38.5. The van der Waals surface area contributed by atoms with Crippen LogP contribution in [0.4, 0.5) is 0 Å². The molecule has 1 amide bonds. The molecule has 0 aliphatic heterocycles. The van der Waals surface area contributed by atoms with Crippen molar-refractivity contribution in [1.29, 1.82) is 0 Å². The molecule has 0 spiro atoms. The molecule has 0 aliphatic carbocycles. The number of aliphatic hydroxyl groups excluding tert-OH is 1. The van der Waals surface area contributed by atoms with Crippen molar-refractivity contribution in [3.63, 3.8) is 0 Å². The Labute approximate surface area is 294 Å². The number of phosphoric acid groups is 1. The predicted octanol–water partition coefficient (Wildman–Crippen LogP) is 8.88. The van der Waals surface area contributed by atoms with Gasteiger partial charge in [0.15, 0.2) is 0 Å². The number of aliphatic hydroxyl groups is 1. The first kappa shape index (κ1) is 46.2. The van der Waals surface area contributed by atoms with Gasteiger partial charge in [0.05, 0.1) is 39.9 Å². The molecule has 0 bridgehead atoms. The maximum absolute atomic E-state index is 12.7. The van der Waals surface area contributed by atoms with E-state index in [0.717, 1.165) is 38.5 Å². The van der Waals surface area contributed by atoms with Crippen molar-refractivity contribution < 1.29 is 32.9 Å². The third-order valence-corrected chi connectivity index (χ3v) is 8.66. The van der Waals surface area contributed by atoms with Crippen molar-refractivity contribution in [3.05, 3.63) is 60.8 Å². The van der Waals surface area contributed by atoms with Gasteiger partial charge in [0.1, 0.15) is 13.2 Å². The quantitative estimate of drug-likeness (QED) is 0.0315. The van der Waals surface area contributed by atoms with Crippen LogP contribution in [0.2, 0.25) is 0 Å². The number of unbranched alkanes of at least 4 members (excludes halogenated alkanes) is 11. The van der Waals surface area contributed by atoms with Crippen LogP contribution in [0.25, 0.3) is 0 Å². The van der Waals surface area contributed by atoms with E-state index in [9.17, 15) is 19.4 Å². The molecule has 0 fully saturated rings. The Morgan fingerprint density at radius 2 is 1.23 bits per heavy atom. The van der Waals surface area contributed by atoms with Gasteiger partial charge in [-0.05, 0) is 64.2 Å². The highest BCUT2D eigenvalue weighted by Crippen LogP contribution is 2.38. The van der Waals surface area contributed by atoms with Crippen molar-refractivity contribution >= 4 is 13.7 Å². The van der Waals surface area contributed by atoms with Gasteiger partial charge >= 0.3 is 0 Å². The Morgan fingerprint density at radius 3 is 1.85 bits per heavy atom. The van der Waals surface area contributed by atoms with Crippen LogP contribution in [-0.2, 0) is 18.4 Å². The van der Waals surface area contributed by atoms with Crippen molar-refractivity contribution in [2.24, 2.45) is 0 Å². The summed E-state index contributed by atoms with van der Waals surface area (Å²) in [5.41, 5.74) is 0. The Bertz CT molecular complexity index is 970. The molecule has 3 unspecified atom stereocenters. The Kier molecular flexibility index (Phi) is 30.0. The molecule has 0 aromatic heterocycles. The van der Waals surface area contributed by atoms with Gasteiger partial charge in [-0.15, -0.1) is 0 Å². The monoisotopic (exact) mass is 695 g/mol. The fourth-order valence-corrected chi connectivity index (χ4v) is 5.36. The first-order chi connectivity index (χ1) is 23.0. The summed E-state index contributed by atoms with van der Waals surface area (Å²) in [5.74, 6) is -0.284. The van der Waals surface area contributed by atoms with Gasteiger partial charge in [0.25, 0.3) is 7.82 Å². The van der Waals surface area contributed by atoms with Gasteiger partial charge in [-0.25, -0.2) is 0 Å². The molecule has 0 rings (SSSR count). The number of nitrogens with zero attached hydrogens (tertiary/aromatic N) is 1. The maximum atomic E-state index is 12.7. The van der Waals surface area contributed by atoms with Crippen LogP contribution in [-0.4, -0.2) is 68.5 Å². The molecule has 0 heterocycles. The van der Waals surface area contributed by atoms with Gasteiger partial charge < -0.3 is 28.8 Å². The van der Waals surface area contributed by atoms with Crippen LogP contribution in [0.3, 0.4) is 0 Å². The molecule has 0 aromatic carbocycles. The minimum Gasteiger partial charge on any atom is -0.756 e. The minimum atomic E-state index is -4.60. The van der Waals surface area contributed by atoms with E-state index in [1.807, 2.05) is 39.4 Å². The van der Waals surface area contributed by atoms with Crippen molar-refractivity contribution in [3.8, 4) is 0 Å². The smallest absolute Gasteiger partial charge is 0.268 e. The summed E-state index contributed by atoms with van der Waals surface area (Å²) in [6.45, 7) is 4.48.